The van der Waals surface area contributed by atoms with Gasteiger partial charge in [-0.1, -0.05) is 30.3 Å². The summed E-state index contributed by atoms with van der Waals surface area (Å²) in [6, 6.07) is 14.3. The van der Waals surface area contributed by atoms with Gasteiger partial charge >= 0.3 is 6.03 Å². The standard InChI is InChI=1S/C22H25N3O3/c1-15-6-3-4-9-20(15)21(27)23-18-10-12-25(13-11-18)22(28)24-19-8-5-7-17(14-19)16(2)26/h3-9,14,18H,10-13H2,1-2H3,(H,23,27)(H,24,28). The predicted octanol–water partition coefficient (Wildman–Crippen LogP) is 3.62. The molecule has 1 saturated heterocycles. The van der Waals surface area contributed by atoms with Gasteiger partial charge in [0.2, 0.25) is 0 Å². The Morgan fingerprint density at radius 2 is 1.71 bits per heavy atom. The molecule has 0 radical (unpaired) electrons. The molecule has 1 fully saturated rings. The van der Waals surface area contributed by atoms with Crippen LogP contribution >= 0.6 is 0 Å². The van der Waals surface area contributed by atoms with Gasteiger partial charge < -0.3 is 15.5 Å². The second kappa shape index (κ2) is 8.69. The van der Waals surface area contributed by atoms with E-state index in [2.05, 4.69) is 10.6 Å². The van der Waals surface area contributed by atoms with Crippen molar-refractivity contribution in [3.63, 3.8) is 0 Å². The van der Waals surface area contributed by atoms with Crippen molar-refractivity contribution in [3.05, 3.63) is 65.2 Å². The molecule has 0 saturated carbocycles. The zero-order chi connectivity index (χ0) is 20.1. The SMILES string of the molecule is CC(=O)c1cccc(NC(=O)N2CCC(NC(=O)c3ccccc3C)CC2)c1. The van der Waals surface area contributed by atoms with E-state index in [1.807, 2.05) is 31.2 Å². The lowest BCUT2D eigenvalue weighted by Crippen LogP contribution is -2.47. The summed E-state index contributed by atoms with van der Waals surface area (Å²) in [6.45, 7) is 4.55. The molecule has 6 heteroatoms. The minimum Gasteiger partial charge on any atom is -0.349 e. The third kappa shape index (κ3) is 4.76. The van der Waals surface area contributed by atoms with Gasteiger partial charge in [0.15, 0.2) is 5.78 Å². The Morgan fingerprint density at radius 1 is 1.00 bits per heavy atom. The first-order valence-corrected chi connectivity index (χ1v) is 9.47. The van der Waals surface area contributed by atoms with Gasteiger partial charge in [0.05, 0.1) is 0 Å². The molecular formula is C22H25N3O3. The van der Waals surface area contributed by atoms with E-state index in [0.29, 0.717) is 42.7 Å². The number of Topliss-reactive ketones (excluding diaryl/α,β-unsaturated/α-hetero) is 1. The summed E-state index contributed by atoms with van der Waals surface area (Å²) in [5.41, 5.74) is 2.81. The molecule has 0 atom stereocenters. The van der Waals surface area contributed by atoms with Gasteiger partial charge in [-0.3, -0.25) is 9.59 Å². The molecule has 0 unspecified atom stereocenters. The molecule has 1 aliphatic rings. The Hall–Kier alpha value is -3.15. The third-order valence-corrected chi connectivity index (χ3v) is 5.03. The van der Waals surface area contributed by atoms with Crippen LogP contribution in [0.5, 0.6) is 0 Å². The fraction of sp³-hybridized carbons (Fsp3) is 0.318. The van der Waals surface area contributed by atoms with Crippen LogP contribution < -0.4 is 10.6 Å². The molecule has 6 nitrogen and oxygen atoms in total. The molecule has 2 N–H and O–H groups in total. The van der Waals surface area contributed by atoms with Crippen LogP contribution in [0.4, 0.5) is 10.5 Å². The molecule has 2 aromatic carbocycles. The summed E-state index contributed by atoms with van der Waals surface area (Å²) < 4.78 is 0. The number of nitrogens with one attached hydrogen (secondary N) is 2. The number of hydrogen-bond acceptors (Lipinski definition) is 3. The number of piperidine rings is 1. The summed E-state index contributed by atoms with van der Waals surface area (Å²) in [5, 5.41) is 5.91. The number of ketones is 1. The lowest BCUT2D eigenvalue weighted by atomic mass is 10.0. The van der Waals surface area contributed by atoms with Crippen molar-refractivity contribution in [1.82, 2.24) is 10.2 Å². The number of rotatable bonds is 4. The molecule has 28 heavy (non-hydrogen) atoms. The van der Waals surface area contributed by atoms with E-state index >= 15 is 0 Å². The fourth-order valence-corrected chi connectivity index (χ4v) is 3.34. The van der Waals surface area contributed by atoms with Crippen molar-refractivity contribution < 1.29 is 14.4 Å². The van der Waals surface area contributed by atoms with Gasteiger partial charge in [0, 0.05) is 35.9 Å². The van der Waals surface area contributed by atoms with Crippen LogP contribution in [0.1, 0.15) is 46.0 Å². The summed E-state index contributed by atoms with van der Waals surface area (Å²) in [4.78, 5) is 38.1. The van der Waals surface area contributed by atoms with E-state index in [0.717, 1.165) is 5.56 Å². The molecular weight excluding hydrogens is 354 g/mol. The number of carbonyl (C=O) groups excluding carboxylic acids is 3. The van der Waals surface area contributed by atoms with E-state index in [1.54, 1.807) is 29.2 Å². The molecule has 1 aliphatic heterocycles. The largest absolute Gasteiger partial charge is 0.349 e. The highest BCUT2D eigenvalue weighted by atomic mass is 16.2. The first-order valence-electron chi connectivity index (χ1n) is 9.47. The Labute approximate surface area is 164 Å². The van der Waals surface area contributed by atoms with Crippen molar-refractivity contribution in [2.75, 3.05) is 18.4 Å². The second-order valence-corrected chi connectivity index (χ2v) is 7.12. The summed E-state index contributed by atoms with van der Waals surface area (Å²) >= 11 is 0. The maximum absolute atomic E-state index is 12.5. The van der Waals surface area contributed by atoms with Crippen LogP contribution in [0.3, 0.4) is 0 Å². The third-order valence-electron chi connectivity index (χ3n) is 5.03. The highest BCUT2D eigenvalue weighted by Crippen LogP contribution is 2.16. The highest BCUT2D eigenvalue weighted by Gasteiger charge is 2.24. The Kier molecular flexibility index (Phi) is 6.09. The van der Waals surface area contributed by atoms with Crippen LogP contribution in [0.15, 0.2) is 48.5 Å². The number of likely N-dealkylation sites (tertiary alicyclic amines) is 1. The van der Waals surface area contributed by atoms with Gasteiger partial charge in [-0.15, -0.1) is 0 Å². The molecule has 3 rings (SSSR count). The van der Waals surface area contributed by atoms with Crippen molar-refractivity contribution in [3.8, 4) is 0 Å². The van der Waals surface area contributed by atoms with Gasteiger partial charge in [0.25, 0.3) is 5.91 Å². The summed E-state index contributed by atoms with van der Waals surface area (Å²) in [6.07, 6.45) is 1.41. The topological polar surface area (TPSA) is 78.5 Å². The second-order valence-electron chi connectivity index (χ2n) is 7.12. The van der Waals surface area contributed by atoms with E-state index in [1.165, 1.54) is 6.92 Å². The van der Waals surface area contributed by atoms with Crippen LogP contribution in [0.25, 0.3) is 0 Å². The molecule has 2 aromatic rings. The fourth-order valence-electron chi connectivity index (χ4n) is 3.34. The van der Waals surface area contributed by atoms with Crippen molar-refractivity contribution in [1.29, 1.82) is 0 Å². The first-order chi connectivity index (χ1) is 13.4. The summed E-state index contributed by atoms with van der Waals surface area (Å²) in [5.74, 6) is -0.108. The number of urea groups is 1. The number of anilines is 1. The normalized spacial score (nSPS) is 14.4. The average Bonchev–Trinajstić information content (AvgIpc) is 2.69. The zero-order valence-corrected chi connectivity index (χ0v) is 16.2. The average molecular weight is 379 g/mol. The quantitative estimate of drug-likeness (QED) is 0.797. The number of amides is 3. The molecule has 146 valence electrons. The van der Waals surface area contributed by atoms with Gasteiger partial charge in [-0.25, -0.2) is 4.79 Å². The minimum absolute atomic E-state index is 0.0405. The molecule has 0 bridgehead atoms. The molecule has 0 aromatic heterocycles. The molecule has 0 spiro atoms. The lowest BCUT2D eigenvalue weighted by Gasteiger charge is -2.32. The molecule has 1 heterocycles. The van der Waals surface area contributed by atoms with Gasteiger partial charge in [0.1, 0.15) is 0 Å². The minimum atomic E-state index is -0.190. The highest BCUT2D eigenvalue weighted by molar-refractivity contribution is 5.97. The summed E-state index contributed by atoms with van der Waals surface area (Å²) in [7, 11) is 0. The predicted molar refractivity (Wildman–Crippen MR) is 109 cm³/mol. The Bertz CT molecular complexity index is 886. The monoisotopic (exact) mass is 379 g/mol. The van der Waals surface area contributed by atoms with Gasteiger partial charge in [-0.2, -0.15) is 0 Å². The number of benzene rings is 2. The van der Waals surface area contributed by atoms with Crippen molar-refractivity contribution in [2.24, 2.45) is 0 Å². The van der Waals surface area contributed by atoms with Crippen LogP contribution in [-0.2, 0) is 0 Å². The zero-order valence-electron chi connectivity index (χ0n) is 16.2. The van der Waals surface area contributed by atoms with Crippen molar-refractivity contribution in [2.45, 2.75) is 32.7 Å². The molecule has 0 aliphatic carbocycles. The van der Waals surface area contributed by atoms with E-state index in [9.17, 15) is 14.4 Å². The van der Waals surface area contributed by atoms with Gasteiger partial charge in [-0.05, 0) is 50.5 Å². The Morgan fingerprint density at radius 3 is 2.39 bits per heavy atom. The van der Waals surface area contributed by atoms with Crippen LogP contribution in [0, 0.1) is 6.92 Å². The first kappa shape index (κ1) is 19.6. The Balaban J connectivity index is 1.51. The van der Waals surface area contributed by atoms with E-state index in [-0.39, 0.29) is 23.8 Å². The smallest absolute Gasteiger partial charge is 0.321 e. The lowest BCUT2D eigenvalue weighted by molar-refractivity contribution is 0.0917. The van der Waals surface area contributed by atoms with E-state index in [4.69, 9.17) is 0 Å². The number of aryl methyl sites for hydroxylation is 1. The maximum Gasteiger partial charge on any atom is 0.321 e. The number of carbonyl (C=O) groups is 3. The van der Waals surface area contributed by atoms with Crippen molar-refractivity contribution >= 4 is 23.4 Å². The van der Waals surface area contributed by atoms with Crippen LogP contribution in [0.2, 0.25) is 0 Å². The molecule has 3 amide bonds. The number of hydrogen-bond donors (Lipinski definition) is 2. The maximum atomic E-state index is 12.5. The van der Waals surface area contributed by atoms with Crippen LogP contribution in [-0.4, -0.2) is 41.8 Å². The number of nitrogens with zero attached hydrogens (tertiary/aromatic N) is 1. The van der Waals surface area contributed by atoms with E-state index < -0.39 is 0 Å².